The minimum Gasteiger partial charge on any atom is -0.322 e. The lowest BCUT2D eigenvalue weighted by Gasteiger charge is -2.09. The van der Waals surface area contributed by atoms with E-state index in [1.54, 1.807) is 6.07 Å². The number of benzene rings is 2. The second-order valence-corrected chi connectivity index (χ2v) is 6.63. The Bertz CT molecular complexity index is 1000. The number of carbonyl (C=O) groups is 2. The number of nitrogens with one attached hydrogen (secondary N) is 2. The Morgan fingerprint density at radius 1 is 0.893 bits per heavy atom. The highest BCUT2D eigenvalue weighted by Crippen LogP contribution is 2.18. The van der Waals surface area contributed by atoms with Gasteiger partial charge in [-0.2, -0.15) is 0 Å². The highest BCUT2D eigenvalue weighted by molar-refractivity contribution is 6.08. The second-order valence-electron chi connectivity index (χ2n) is 6.63. The van der Waals surface area contributed by atoms with Crippen molar-refractivity contribution in [1.29, 1.82) is 0 Å². The third kappa shape index (κ3) is 4.59. The Morgan fingerprint density at radius 3 is 2.11 bits per heavy atom. The molecular weight excluding hydrogens is 357 g/mol. The zero-order valence-electron chi connectivity index (χ0n) is 15.6. The van der Waals surface area contributed by atoms with Crippen LogP contribution < -0.4 is 10.6 Å². The molecule has 2 aromatic carbocycles. The second kappa shape index (κ2) is 8.43. The van der Waals surface area contributed by atoms with Gasteiger partial charge in [0.25, 0.3) is 11.8 Å². The Balaban J connectivity index is 1.72. The summed E-state index contributed by atoms with van der Waals surface area (Å²) in [6, 6.07) is 14.8. The van der Waals surface area contributed by atoms with Gasteiger partial charge >= 0.3 is 0 Å². The van der Waals surface area contributed by atoms with Gasteiger partial charge in [-0.05, 0) is 41.8 Å². The highest BCUT2D eigenvalue weighted by Gasteiger charge is 2.13. The maximum Gasteiger partial charge on any atom is 0.257 e. The smallest absolute Gasteiger partial charge is 0.257 e. The summed E-state index contributed by atoms with van der Waals surface area (Å²) in [5.74, 6) is -1.07. The molecule has 5 nitrogen and oxygen atoms in total. The molecule has 1 heterocycles. The minimum atomic E-state index is -0.548. The third-order valence-electron chi connectivity index (χ3n) is 4.22. The van der Waals surface area contributed by atoms with Crippen LogP contribution in [0.15, 0.2) is 67.0 Å². The molecule has 3 rings (SSSR count). The number of hydrogen-bond donors (Lipinski definition) is 2. The van der Waals surface area contributed by atoms with Crippen molar-refractivity contribution in [3.05, 3.63) is 89.5 Å². The van der Waals surface area contributed by atoms with E-state index in [0.717, 1.165) is 0 Å². The molecule has 0 bridgehead atoms. The summed E-state index contributed by atoms with van der Waals surface area (Å²) in [7, 11) is 0. The van der Waals surface area contributed by atoms with Gasteiger partial charge in [-0.15, -0.1) is 0 Å². The number of halogens is 1. The first-order valence-electron chi connectivity index (χ1n) is 8.86. The first kappa shape index (κ1) is 19.2. The summed E-state index contributed by atoms with van der Waals surface area (Å²) in [6.45, 7) is 4.19. The molecular formula is C22H20FN3O2. The van der Waals surface area contributed by atoms with E-state index in [1.165, 1.54) is 42.2 Å². The molecule has 0 spiro atoms. The Morgan fingerprint density at radius 2 is 1.50 bits per heavy atom. The van der Waals surface area contributed by atoms with Crippen LogP contribution in [0.2, 0.25) is 0 Å². The van der Waals surface area contributed by atoms with Gasteiger partial charge in [0, 0.05) is 18.1 Å². The van der Waals surface area contributed by atoms with Gasteiger partial charge in [-0.1, -0.05) is 38.1 Å². The fourth-order valence-corrected chi connectivity index (χ4v) is 2.60. The lowest BCUT2D eigenvalue weighted by Crippen LogP contribution is -2.16. The van der Waals surface area contributed by atoms with Crippen molar-refractivity contribution in [2.24, 2.45) is 0 Å². The van der Waals surface area contributed by atoms with E-state index in [4.69, 9.17) is 0 Å². The summed E-state index contributed by atoms with van der Waals surface area (Å²) < 4.78 is 13.7. The predicted molar refractivity (Wildman–Crippen MR) is 107 cm³/mol. The topological polar surface area (TPSA) is 71.1 Å². The quantitative estimate of drug-likeness (QED) is 0.668. The van der Waals surface area contributed by atoms with E-state index in [2.05, 4.69) is 29.5 Å². The number of carbonyl (C=O) groups excluding carboxylic acids is 2. The van der Waals surface area contributed by atoms with Gasteiger partial charge < -0.3 is 10.6 Å². The van der Waals surface area contributed by atoms with Gasteiger partial charge in [-0.3, -0.25) is 14.6 Å². The van der Waals surface area contributed by atoms with E-state index in [-0.39, 0.29) is 22.7 Å². The van der Waals surface area contributed by atoms with Crippen LogP contribution in [0, 0.1) is 5.82 Å². The molecule has 0 atom stereocenters. The number of aromatic nitrogens is 1. The maximum atomic E-state index is 13.7. The SMILES string of the molecule is CC(C)c1ccc(NC(=O)c2cncc(C(=O)Nc3ccccc3F)c2)cc1. The van der Waals surface area contributed by atoms with E-state index in [9.17, 15) is 14.0 Å². The van der Waals surface area contributed by atoms with Crippen molar-refractivity contribution in [3.8, 4) is 0 Å². The summed E-state index contributed by atoms with van der Waals surface area (Å²) >= 11 is 0. The summed E-state index contributed by atoms with van der Waals surface area (Å²) in [5, 5.41) is 5.25. The van der Waals surface area contributed by atoms with Gasteiger partial charge in [0.2, 0.25) is 0 Å². The number of nitrogens with zero attached hydrogens (tertiary/aromatic N) is 1. The van der Waals surface area contributed by atoms with E-state index >= 15 is 0 Å². The van der Waals surface area contributed by atoms with E-state index < -0.39 is 11.7 Å². The maximum absolute atomic E-state index is 13.7. The number of anilines is 2. The van der Waals surface area contributed by atoms with Crippen LogP contribution in [-0.2, 0) is 0 Å². The highest BCUT2D eigenvalue weighted by atomic mass is 19.1. The van der Waals surface area contributed by atoms with Crippen LogP contribution in [0.4, 0.5) is 15.8 Å². The fraction of sp³-hybridized carbons (Fsp3) is 0.136. The molecule has 3 aromatic rings. The number of hydrogen-bond acceptors (Lipinski definition) is 3. The van der Waals surface area contributed by atoms with Crippen LogP contribution in [0.3, 0.4) is 0 Å². The van der Waals surface area contributed by atoms with E-state index in [1.807, 2.05) is 24.3 Å². The molecule has 2 amide bonds. The number of amides is 2. The summed E-state index contributed by atoms with van der Waals surface area (Å²) in [5.41, 5.74) is 2.27. The van der Waals surface area contributed by atoms with Crippen LogP contribution in [0.1, 0.15) is 46.0 Å². The van der Waals surface area contributed by atoms with Gasteiger partial charge in [0.1, 0.15) is 5.82 Å². The fourth-order valence-electron chi connectivity index (χ4n) is 2.60. The van der Waals surface area contributed by atoms with Gasteiger partial charge in [0.05, 0.1) is 16.8 Å². The number of rotatable bonds is 5. The first-order chi connectivity index (χ1) is 13.4. The van der Waals surface area contributed by atoms with Crippen molar-refractivity contribution >= 4 is 23.2 Å². The normalized spacial score (nSPS) is 10.6. The van der Waals surface area contributed by atoms with Crippen LogP contribution in [0.25, 0.3) is 0 Å². The molecule has 1 aromatic heterocycles. The standard InChI is InChI=1S/C22H20FN3O2/c1-14(2)15-7-9-18(10-8-15)25-21(27)16-11-17(13-24-12-16)22(28)26-20-6-4-3-5-19(20)23/h3-14H,1-2H3,(H,25,27)(H,26,28). The van der Waals surface area contributed by atoms with Crippen molar-refractivity contribution in [2.45, 2.75) is 19.8 Å². The minimum absolute atomic E-state index is 0.0626. The number of para-hydroxylation sites is 1. The average Bonchev–Trinajstić information content (AvgIpc) is 2.70. The largest absolute Gasteiger partial charge is 0.322 e. The molecule has 28 heavy (non-hydrogen) atoms. The molecule has 0 aliphatic carbocycles. The predicted octanol–water partition coefficient (Wildman–Crippen LogP) is 4.85. The van der Waals surface area contributed by atoms with Crippen molar-refractivity contribution in [3.63, 3.8) is 0 Å². The van der Waals surface area contributed by atoms with E-state index in [0.29, 0.717) is 11.6 Å². The lowest BCUT2D eigenvalue weighted by molar-refractivity contribution is 0.102. The molecule has 0 fully saturated rings. The zero-order chi connectivity index (χ0) is 20.1. The monoisotopic (exact) mass is 377 g/mol. The molecule has 0 aliphatic rings. The van der Waals surface area contributed by atoms with Crippen LogP contribution in [0.5, 0.6) is 0 Å². The van der Waals surface area contributed by atoms with Crippen LogP contribution >= 0.6 is 0 Å². The molecule has 6 heteroatoms. The average molecular weight is 377 g/mol. The van der Waals surface area contributed by atoms with Crippen molar-refractivity contribution in [1.82, 2.24) is 4.98 Å². The molecule has 0 unspecified atom stereocenters. The molecule has 0 saturated heterocycles. The summed E-state index contributed by atoms with van der Waals surface area (Å²) in [4.78, 5) is 28.8. The molecule has 0 saturated carbocycles. The third-order valence-corrected chi connectivity index (χ3v) is 4.22. The van der Waals surface area contributed by atoms with Gasteiger partial charge in [-0.25, -0.2) is 4.39 Å². The Hall–Kier alpha value is -3.54. The molecule has 0 aliphatic heterocycles. The lowest BCUT2D eigenvalue weighted by atomic mass is 10.0. The van der Waals surface area contributed by atoms with Gasteiger partial charge in [0.15, 0.2) is 0 Å². The summed E-state index contributed by atoms with van der Waals surface area (Å²) in [6.07, 6.45) is 2.70. The van der Waals surface area contributed by atoms with Crippen molar-refractivity contribution in [2.75, 3.05) is 10.6 Å². The van der Waals surface area contributed by atoms with Crippen molar-refractivity contribution < 1.29 is 14.0 Å². The molecule has 142 valence electrons. The first-order valence-corrected chi connectivity index (χ1v) is 8.86. The molecule has 0 radical (unpaired) electrons. The van der Waals surface area contributed by atoms with Crippen LogP contribution in [-0.4, -0.2) is 16.8 Å². The molecule has 2 N–H and O–H groups in total. The number of pyridine rings is 1. The Kier molecular flexibility index (Phi) is 5.79. The Labute approximate surface area is 162 Å². The zero-order valence-corrected chi connectivity index (χ0v) is 15.6.